The van der Waals surface area contributed by atoms with Gasteiger partial charge in [-0.25, -0.2) is 0 Å². The largest absolute Gasteiger partial charge is 0.315 e. The summed E-state index contributed by atoms with van der Waals surface area (Å²) in [6, 6.07) is 0. The van der Waals surface area contributed by atoms with Crippen LogP contribution >= 0.6 is 0 Å². The minimum Gasteiger partial charge on any atom is -0.315 e. The molecule has 1 saturated heterocycles. The monoisotopic (exact) mass is 198 g/mol. The Hall–Kier alpha value is -0.0800. The Morgan fingerprint density at radius 3 is 2.79 bits per heavy atom. The molecule has 0 spiro atoms. The highest BCUT2D eigenvalue weighted by molar-refractivity contribution is 4.77. The second-order valence-electron chi connectivity index (χ2n) is 5.56. The molecule has 1 N–H and O–H groups in total. The molecule has 1 rings (SSSR count). The van der Waals surface area contributed by atoms with Gasteiger partial charge >= 0.3 is 0 Å². The van der Waals surface area contributed by atoms with Crippen LogP contribution in [0.15, 0.2) is 0 Å². The van der Waals surface area contributed by atoms with Crippen LogP contribution in [0.3, 0.4) is 0 Å². The van der Waals surface area contributed by atoms with Crippen molar-refractivity contribution in [2.45, 2.75) is 34.1 Å². The van der Waals surface area contributed by atoms with Crippen LogP contribution in [0.4, 0.5) is 0 Å². The lowest BCUT2D eigenvalue weighted by Crippen LogP contribution is -2.37. The van der Waals surface area contributed by atoms with Crippen molar-refractivity contribution in [2.75, 3.05) is 32.7 Å². The van der Waals surface area contributed by atoms with Crippen LogP contribution in [0.1, 0.15) is 34.1 Å². The van der Waals surface area contributed by atoms with Crippen molar-refractivity contribution in [3.8, 4) is 0 Å². The van der Waals surface area contributed by atoms with Gasteiger partial charge in [-0.15, -0.1) is 0 Å². The highest BCUT2D eigenvalue weighted by Gasteiger charge is 2.22. The fourth-order valence-electron chi connectivity index (χ4n) is 2.04. The van der Waals surface area contributed by atoms with Crippen molar-refractivity contribution in [1.29, 1.82) is 0 Å². The van der Waals surface area contributed by atoms with Gasteiger partial charge in [-0.05, 0) is 24.3 Å². The van der Waals surface area contributed by atoms with Crippen molar-refractivity contribution < 1.29 is 0 Å². The van der Waals surface area contributed by atoms with E-state index in [-0.39, 0.29) is 0 Å². The zero-order valence-corrected chi connectivity index (χ0v) is 10.3. The van der Waals surface area contributed by atoms with Gasteiger partial charge in [0.2, 0.25) is 0 Å². The van der Waals surface area contributed by atoms with Crippen LogP contribution in [0, 0.1) is 11.3 Å². The van der Waals surface area contributed by atoms with Crippen LogP contribution in [-0.4, -0.2) is 37.6 Å². The molecule has 0 aromatic heterocycles. The van der Waals surface area contributed by atoms with Gasteiger partial charge in [0.05, 0.1) is 0 Å². The van der Waals surface area contributed by atoms with E-state index in [4.69, 9.17) is 0 Å². The quantitative estimate of drug-likeness (QED) is 0.746. The van der Waals surface area contributed by atoms with Crippen molar-refractivity contribution in [3.05, 3.63) is 0 Å². The average molecular weight is 198 g/mol. The molecule has 84 valence electrons. The minimum atomic E-state index is 0.476. The van der Waals surface area contributed by atoms with Crippen LogP contribution < -0.4 is 5.32 Å². The first-order valence-corrected chi connectivity index (χ1v) is 5.96. The second kappa shape index (κ2) is 5.13. The van der Waals surface area contributed by atoms with Gasteiger partial charge in [-0.1, -0.05) is 27.7 Å². The summed E-state index contributed by atoms with van der Waals surface area (Å²) >= 11 is 0. The molecular weight excluding hydrogens is 172 g/mol. The molecule has 2 heteroatoms. The van der Waals surface area contributed by atoms with E-state index in [0.717, 1.165) is 12.5 Å². The molecular formula is C12H26N2. The molecule has 0 aliphatic carbocycles. The molecule has 0 aromatic rings. The lowest BCUT2D eigenvalue weighted by atomic mass is 9.89. The van der Waals surface area contributed by atoms with Gasteiger partial charge in [0, 0.05) is 26.2 Å². The zero-order chi connectivity index (χ0) is 10.6. The van der Waals surface area contributed by atoms with Gasteiger partial charge in [0.15, 0.2) is 0 Å². The standard InChI is InChI=1S/C12H26N2/c1-5-12(3,4)10-14-7-6-13-8-11(2)9-14/h11,13H,5-10H2,1-4H3. The fourth-order valence-corrected chi connectivity index (χ4v) is 2.04. The van der Waals surface area contributed by atoms with E-state index in [2.05, 4.69) is 37.9 Å². The zero-order valence-electron chi connectivity index (χ0n) is 10.3. The fraction of sp³-hybridized carbons (Fsp3) is 1.00. The third-order valence-electron chi connectivity index (χ3n) is 3.28. The van der Waals surface area contributed by atoms with E-state index in [0.29, 0.717) is 5.41 Å². The van der Waals surface area contributed by atoms with E-state index in [1.54, 1.807) is 0 Å². The normalized spacial score (nSPS) is 26.1. The van der Waals surface area contributed by atoms with Gasteiger partial charge in [-0.2, -0.15) is 0 Å². The van der Waals surface area contributed by atoms with Gasteiger partial charge < -0.3 is 10.2 Å². The summed E-state index contributed by atoms with van der Waals surface area (Å²) in [4.78, 5) is 2.62. The molecule has 2 nitrogen and oxygen atoms in total. The third-order valence-corrected chi connectivity index (χ3v) is 3.28. The predicted molar refractivity (Wildman–Crippen MR) is 62.5 cm³/mol. The van der Waals surface area contributed by atoms with E-state index < -0.39 is 0 Å². The number of hydrogen-bond donors (Lipinski definition) is 1. The Morgan fingerprint density at radius 2 is 2.14 bits per heavy atom. The maximum Gasteiger partial charge on any atom is 0.0107 e. The predicted octanol–water partition coefficient (Wildman–Crippen LogP) is 1.96. The molecule has 1 unspecified atom stereocenters. The molecule has 1 atom stereocenters. The molecule has 1 aliphatic heterocycles. The molecule has 0 amide bonds. The summed E-state index contributed by atoms with van der Waals surface area (Å²) in [6.07, 6.45) is 1.27. The Bertz CT molecular complexity index is 166. The van der Waals surface area contributed by atoms with Crippen LogP contribution in [0.25, 0.3) is 0 Å². The van der Waals surface area contributed by atoms with Crippen molar-refractivity contribution in [2.24, 2.45) is 11.3 Å². The summed E-state index contributed by atoms with van der Waals surface area (Å²) < 4.78 is 0. The van der Waals surface area contributed by atoms with E-state index in [9.17, 15) is 0 Å². The Balaban J connectivity index is 2.42. The van der Waals surface area contributed by atoms with Crippen LogP contribution in [-0.2, 0) is 0 Å². The summed E-state index contributed by atoms with van der Waals surface area (Å²) in [5, 5.41) is 3.49. The van der Waals surface area contributed by atoms with Gasteiger partial charge in [0.1, 0.15) is 0 Å². The first kappa shape index (κ1) is 12.0. The highest BCUT2D eigenvalue weighted by atomic mass is 15.2. The molecule has 1 aliphatic rings. The van der Waals surface area contributed by atoms with E-state index >= 15 is 0 Å². The maximum atomic E-state index is 3.49. The van der Waals surface area contributed by atoms with Gasteiger partial charge in [0.25, 0.3) is 0 Å². The van der Waals surface area contributed by atoms with Crippen molar-refractivity contribution in [1.82, 2.24) is 10.2 Å². The molecule has 14 heavy (non-hydrogen) atoms. The Kier molecular flexibility index (Phi) is 4.39. The highest BCUT2D eigenvalue weighted by Crippen LogP contribution is 2.21. The van der Waals surface area contributed by atoms with Crippen molar-refractivity contribution >= 4 is 0 Å². The van der Waals surface area contributed by atoms with Crippen LogP contribution in [0.2, 0.25) is 0 Å². The van der Waals surface area contributed by atoms with Crippen LogP contribution in [0.5, 0.6) is 0 Å². The summed E-state index contributed by atoms with van der Waals surface area (Å²) in [7, 11) is 0. The lowest BCUT2D eigenvalue weighted by Gasteiger charge is -2.31. The van der Waals surface area contributed by atoms with E-state index in [1.165, 1.54) is 32.6 Å². The van der Waals surface area contributed by atoms with Gasteiger partial charge in [-0.3, -0.25) is 0 Å². The molecule has 0 saturated carbocycles. The first-order chi connectivity index (χ1) is 6.53. The molecule has 1 heterocycles. The number of hydrogen-bond acceptors (Lipinski definition) is 2. The average Bonchev–Trinajstić information content (AvgIpc) is 2.29. The smallest absolute Gasteiger partial charge is 0.0107 e. The number of nitrogens with one attached hydrogen (secondary N) is 1. The summed E-state index contributed by atoms with van der Waals surface area (Å²) in [5.74, 6) is 0.796. The lowest BCUT2D eigenvalue weighted by molar-refractivity contribution is 0.169. The second-order valence-corrected chi connectivity index (χ2v) is 5.56. The Morgan fingerprint density at radius 1 is 1.43 bits per heavy atom. The topological polar surface area (TPSA) is 15.3 Å². The van der Waals surface area contributed by atoms with E-state index in [1.807, 2.05) is 0 Å². The van der Waals surface area contributed by atoms with Crippen molar-refractivity contribution in [3.63, 3.8) is 0 Å². The molecule has 0 radical (unpaired) electrons. The molecule has 1 fully saturated rings. The Labute approximate surface area is 89.1 Å². The molecule has 0 aromatic carbocycles. The third kappa shape index (κ3) is 3.97. The minimum absolute atomic E-state index is 0.476. The first-order valence-electron chi connectivity index (χ1n) is 5.96. The number of rotatable bonds is 3. The maximum absolute atomic E-state index is 3.49. The summed E-state index contributed by atoms with van der Waals surface area (Å²) in [6.45, 7) is 15.4. The summed E-state index contributed by atoms with van der Waals surface area (Å²) in [5.41, 5.74) is 0.476. The SMILES string of the molecule is CCC(C)(C)CN1CCNCC(C)C1. The number of nitrogens with zero attached hydrogens (tertiary/aromatic N) is 1. The molecule has 0 bridgehead atoms.